The fraction of sp³-hybridized carbons (Fsp3) is 0.333. The Labute approximate surface area is 81.3 Å². The molecular formula is C9H12N2O3. The molecule has 1 atom stereocenters. The van der Waals surface area contributed by atoms with Crippen LogP contribution in [0.2, 0.25) is 0 Å². The number of nitro benzene ring substituents is 1. The smallest absolute Gasteiger partial charge is 0.269 e. The molecule has 0 saturated heterocycles. The van der Waals surface area contributed by atoms with Crippen LogP contribution in [0.5, 0.6) is 5.75 Å². The van der Waals surface area contributed by atoms with Crippen molar-refractivity contribution in [3.63, 3.8) is 0 Å². The lowest BCUT2D eigenvalue weighted by atomic mass is 10.1. The Bertz CT molecular complexity index is 350. The van der Waals surface area contributed by atoms with Gasteiger partial charge in [-0.2, -0.15) is 0 Å². The van der Waals surface area contributed by atoms with E-state index >= 15 is 0 Å². The highest BCUT2D eigenvalue weighted by atomic mass is 16.6. The molecule has 0 fully saturated rings. The van der Waals surface area contributed by atoms with Crippen LogP contribution in [-0.4, -0.2) is 16.1 Å². The van der Waals surface area contributed by atoms with E-state index in [1.807, 2.05) is 0 Å². The van der Waals surface area contributed by atoms with Gasteiger partial charge in [-0.3, -0.25) is 10.1 Å². The van der Waals surface area contributed by atoms with E-state index < -0.39 is 4.92 Å². The first-order chi connectivity index (χ1) is 6.50. The Kier molecular flexibility index (Phi) is 3.03. The van der Waals surface area contributed by atoms with Gasteiger partial charge in [-0.1, -0.05) is 0 Å². The Morgan fingerprint density at radius 1 is 1.64 bits per heavy atom. The highest BCUT2D eigenvalue weighted by molar-refractivity contribution is 5.43. The summed E-state index contributed by atoms with van der Waals surface area (Å²) in [5.74, 6) is 0.0490. The fourth-order valence-electron chi connectivity index (χ4n) is 1.20. The van der Waals surface area contributed by atoms with E-state index in [4.69, 9.17) is 5.73 Å². The zero-order valence-electron chi connectivity index (χ0n) is 7.80. The van der Waals surface area contributed by atoms with Crippen LogP contribution in [0.3, 0.4) is 0 Å². The molecule has 0 unspecified atom stereocenters. The summed E-state index contributed by atoms with van der Waals surface area (Å²) in [6.45, 7) is 1.78. The molecular weight excluding hydrogens is 184 g/mol. The molecule has 1 aromatic rings. The summed E-state index contributed by atoms with van der Waals surface area (Å²) in [5, 5.41) is 19.8. The summed E-state index contributed by atoms with van der Waals surface area (Å²) in [5.41, 5.74) is 6.02. The zero-order valence-corrected chi connectivity index (χ0v) is 7.80. The van der Waals surface area contributed by atoms with Crippen molar-refractivity contribution in [2.75, 3.05) is 0 Å². The number of phenols is 1. The number of non-ortho nitro benzene ring substituents is 1. The molecule has 0 amide bonds. The Balaban J connectivity index is 3.02. The van der Waals surface area contributed by atoms with Gasteiger partial charge in [0, 0.05) is 23.7 Å². The molecule has 0 aliphatic carbocycles. The Hall–Kier alpha value is -1.62. The third-order valence-electron chi connectivity index (χ3n) is 1.82. The summed E-state index contributed by atoms with van der Waals surface area (Å²) in [6.07, 6.45) is 0.424. The third-order valence-corrected chi connectivity index (χ3v) is 1.82. The topological polar surface area (TPSA) is 89.4 Å². The first kappa shape index (κ1) is 10.5. The molecule has 76 valence electrons. The molecule has 0 radical (unpaired) electrons. The molecule has 0 heterocycles. The average Bonchev–Trinajstić information content (AvgIpc) is 2.07. The number of benzene rings is 1. The van der Waals surface area contributed by atoms with Crippen molar-refractivity contribution >= 4 is 5.69 Å². The minimum atomic E-state index is -0.496. The molecule has 0 aliphatic rings. The van der Waals surface area contributed by atoms with Gasteiger partial charge in [0.25, 0.3) is 5.69 Å². The lowest BCUT2D eigenvalue weighted by molar-refractivity contribution is -0.384. The van der Waals surface area contributed by atoms with E-state index in [1.165, 1.54) is 18.2 Å². The molecule has 5 nitrogen and oxygen atoms in total. The van der Waals surface area contributed by atoms with Crippen molar-refractivity contribution in [1.82, 2.24) is 0 Å². The van der Waals surface area contributed by atoms with Gasteiger partial charge < -0.3 is 10.8 Å². The molecule has 5 heteroatoms. The summed E-state index contributed by atoms with van der Waals surface area (Å²) >= 11 is 0. The molecule has 0 saturated carbocycles. The van der Waals surface area contributed by atoms with Crippen LogP contribution < -0.4 is 5.73 Å². The van der Waals surface area contributed by atoms with Gasteiger partial charge in [0.2, 0.25) is 0 Å². The van der Waals surface area contributed by atoms with Crippen LogP contribution in [0, 0.1) is 10.1 Å². The number of nitrogens with zero attached hydrogens (tertiary/aromatic N) is 1. The summed E-state index contributed by atoms with van der Waals surface area (Å²) < 4.78 is 0. The van der Waals surface area contributed by atoms with Crippen LogP contribution in [0.25, 0.3) is 0 Å². The molecule has 3 N–H and O–H groups in total. The number of nitro groups is 1. The number of hydrogen-bond donors (Lipinski definition) is 2. The van der Waals surface area contributed by atoms with Crippen molar-refractivity contribution in [3.8, 4) is 5.75 Å². The minimum absolute atomic E-state index is 0.0292. The van der Waals surface area contributed by atoms with Gasteiger partial charge >= 0.3 is 0 Å². The number of nitrogens with two attached hydrogens (primary N) is 1. The SMILES string of the molecule is C[C@H](N)Cc1cc([N+](=O)[O-])ccc1O. The maximum atomic E-state index is 10.4. The monoisotopic (exact) mass is 196 g/mol. The van der Waals surface area contributed by atoms with Gasteiger partial charge in [-0.15, -0.1) is 0 Å². The van der Waals surface area contributed by atoms with E-state index in [0.29, 0.717) is 12.0 Å². The van der Waals surface area contributed by atoms with Gasteiger partial charge in [0.05, 0.1) is 4.92 Å². The highest BCUT2D eigenvalue weighted by Crippen LogP contribution is 2.23. The van der Waals surface area contributed by atoms with E-state index in [0.717, 1.165) is 0 Å². The van der Waals surface area contributed by atoms with E-state index in [9.17, 15) is 15.2 Å². The normalized spacial score (nSPS) is 12.4. The predicted molar refractivity (Wildman–Crippen MR) is 52.1 cm³/mol. The van der Waals surface area contributed by atoms with Gasteiger partial charge in [-0.25, -0.2) is 0 Å². The summed E-state index contributed by atoms with van der Waals surface area (Å²) in [7, 11) is 0. The number of phenolic OH excluding ortho intramolecular Hbond substituents is 1. The van der Waals surface area contributed by atoms with Crippen molar-refractivity contribution in [2.45, 2.75) is 19.4 Å². The van der Waals surface area contributed by atoms with Gasteiger partial charge in [0.15, 0.2) is 0 Å². The molecule has 14 heavy (non-hydrogen) atoms. The van der Waals surface area contributed by atoms with Crippen molar-refractivity contribution in [3.05, 3.63) is 33.9 Å². The molecule has 0 aromatic heterocycles. The maximum Gasteiger partial charge on any atom is 0.269 e. The second-order valence-corrected chi connectivity index (χ2v) is 3.25. The molecule has 1 aromatic carbocycles. The first-order valence-electron chi connectivity index (χ1n) is 4.22. The van der Waals surface area contributed by atoms with E-state index in [-0.39, 0.29) is 17.5 Å². The molecule has 0 aliphatic heterocycles. The van der Waals surface area contributed by atoms with Crippen molar-refractivity contribution in [2.24, 2.45) is 5.73 Å². The third kappa shape index (κ3) is 2.43. The van der Waals surface area contributed by atoms with Crippen LogP contribution in [0.4, 0.5) is 5.69 Å². The molecule has 0 spiro atoms. The quantitative estimate of drug-likeness (QED) is 0.561. The summed E-state index contributed by atoms with van der Waals surface area (Å²) in [6, 6.07) is 3.79. The van der Waals surface area contributed by atoms with Crippen LogP contribution in [0.1, 0.15) is 12.5 Å². The molecule has 0 bridgehead atoms. The highest BCUT2D eigenvalue weighted by Gasteiger charge is 2.11. The number of aromatic hydroxyl groups is 1. The second kappa shape index (κ2) is 4.06. The van der Waals surface area contributed by atoms with Gasteiger partial charge in [0.1, 0.15) is 5.75 Å². The maximum absolute atomic E-state index is 10.4. The first-order valence-corrected chi connectivity index (χ1v) is 4.22. The fourth-order valence-corrected chi connectivity index (χ4v) is 1.20. The standard InChI is InChI=1S/C9H12N2O3/c1-6(10)4-7-5-8(11(13)14)2-3-9(7)12/h2-3,5-6,12H,4,10H2,1H3/t6-/m0/s1. The van der Waals surface area contributed by atoms with Crippen LogP contribution in [0.15, 0.2) is 18.2 Å². The van der Waals surface area contributed by atoms with E-state index in [1.54, 1.807) is 6.92 Å². The summed E-state index contributed by atoms with van der Waals surface area (Å²) in [4.78, 5) is 9.95. The zero-order chi connectivity index (χ0) is 10.7. The minimum Gasteiger partial charge on any atom is -0.508 e. The lowest BCUT2D eigenvalue weighted by Crippen LogP contribution is -2.17. The van der Waals surface area contributed by atoms with E-state index in [2.05, 4.69) is 0 Å². The Morgan fingerprint density at radius 2 is 2.29 bits per heavy atom. The van der Waals surface area contributed by atoms with Crippen molar-refractivity contribution < 1.29 is 10.0 Å². The van der Waals surface area contributed by atoms with Crippen LogP contribution >= 0.6 is 0 Å². The van der Waals surface area contributed by atoms with Gasteiger partial charge in [-0.05, 0) is 19.4 Å². The number of rotatable bonds is 3. The van der Waals surface area contributed by atoms with Crippen molar-refractivity contribution in [1.29, 1.82) is 0 Å². The van der Waals surface area contributed by atoms with Crippen LogP contribution in [-0.2, 0) is 6.42 Å². The molecule has 1 rings (SSSR count). The second-order valence-electron chi connectivity index (χ2n) is 3.25. The average molecular weight is 196 g/mol. The Morgan fingerprint density at radius 3 is 2.79 bits per heavy atom. The largest absolute Gasteiger partial charge is 0.508 e. The number of hydrogen-bond acceptors (Lipinski definition) is 4. The lowest BCUT2D eigenvalue weighted by Gasteiger charge is -2.06. The predicted octanol–water partition coefficient (Wildman–Crippen LogP) is 1.19.